The van der Waals surface area contributed by atoms with Crippen LogP contribution in [-0.2, 0) is 14.3 Å². The molecule has 1 atom stereocenters. The molecule has 1 heterocycles. The largest absolute Gasteiger partial charge is 0.380 e. The molecule has 0 aromatic rings. The summed E-state index contributed by atoms with van der Waals surface area (Å²) in [6, 6.07) is 0. The topological polar surface area (TPSA) is 75.2 Å². The van der Waals surface area contributed by atoms with E-state index in [0.717, 1.165) is 32.5 Å². The van der Waals surface area contributed by atoms with E-state index in [1.54, 1.807) is 14.1 Å². The molecule has 0 aromatic carbocycles. The first kappa shape index (κ1) is 24.4. The smallest absolute Gasteiger partial charge is 0.243 e. The number of amides is 1. The van der Waals surface area contributed by atoms with Gasteiger partial charge in [0, 0.05) is 40.4 Å². The summed E-state index contributed by atoms with van der Waals surface area (Å²) in [5.41, 5.74) is 0. The van der Waals surface area contributed by atoms with Gasteiger partial charge in [-0.25, -0.2) is 4.99 Å². The van der Waals surface area contributed by atoms with Gasteiger partial charge in [0.25, 0.3) is 0 Å². The van der Waals surface area contributed by atoms with Gasteiger partial charge in [0.05, 0.1) is 12.7 Å². The lowest BCUT2D eigenvalue weighted by Gasteiger charge is -2.16. The number of hydrogen-bond acceptors (Lipinski definition) is 4. The van der Waals surface area contributed by atoms with Gasteiger partial charge in [-0.15, -0.1) is 24.0 Å². The number of hydrogen-bond donors (Lipinski definition) is 2. The van der Waals surface area contributed by atoms with Crippen LogP contribution in [-0.4, -0.2) is 76.4 Å². The lowest BCUT2D eigenvalue weighted by atomic mass is 10.1. The van der Waals surface area contributed by atoms with E-state index in [-0.39, 0.29) is 42.5 Å². The first-order chi connectivity index (χ1) is 11.5. The summed E-state index contributed by atoms with van der Waals surface area (Å²) in [5.74, 6) is 1.26. The molecule has 0 spiro atoms. The molecule has 1 unspecified atom stereocenters. The minimum Gasteiger partial charge on any atom is -0.380 e. The molecule has 1 saturated heterocycles. The van der Waals surface area contributed by atoms with Crippen LogP contribution in [0.25, 0.3) is 0 Å². The number of rotatable bonds is 10. The van der Waals surface area contributed by atoms with Gasteiger partial charge in [-0.3, -0.25) is 4.79 Å². The average Bonchev–Trinajstić information content (AvgIpc) is 3.05. The second-order valence-corrected chi connectivity index (χ2v) is 6.69. The molecule has 25 heavy (non-hydrogen) atoms. The summed E-state index contributed by atoms with van der Waals surface area (Å²) in [6.07, 6.45) is 3.46. The van der Waals surface area contributed by atoms with Crippen LogP contribution < -0.4 is 10.6 Å². The number of likely N-dealkylation sites (N-methyl/N-ethyl adjacent to an activating group) is 1. The van der Waals surface area contributed by atoms with Crippen molar-refractivity contribution in [1.82, 2.24) is 15.5 Å². The van der Waals surface area contributed by atoms with E-state index >= 15 is 0 Å². The van der Waals surface area contributed by atoms with E-state index in [9.17, 15) is 4.79 Å². The van der Waals surface area contributed by atoms with Crippen LogP contribution >= 0.6 is 24.0 Å². The molecule has 0 aromatic heterocycles. The number of guanidine groups is 1. The second-order valence-electron chi connectivity index (χ2n) is 6.69. The van der Waals surface area contributed by atoms with Crippen LogP contribution in [0.1, 0.15) is 33.1 Å². The zero-order chi connectivity index (χ0) is 17.8. The second kappa shape index (κ2) is 14.5. The predicted octanol–water partition coefficient (Wildman–Crippen LogP) is 1.47. The normalized spacial score (nSPS) is 17.3. The molecule has 148 valence electrons. The van der Waals surface area contributed by atoms with Crippen molar-refractivity contribution in [2.24, 2.45) is 10.9 Å². The number of aliphatic imine (C=N–C) groups is 1. The Morgan fingerprint density at radius 3 is 2.68 bits per heavy atom. The van der Waals surface area contributed by atoms with Crippen LogP contribution in [0.5, 0.6) is 0 Å². The Hall–Kier alpha value is -0.610. The Morgan fingerprint density at radius 2 is 2.08 bits per heavy atom. The highest BCUT2D eigenvalue weighted by Gasteiger charge is 2.15. The number of carbonyl (C=O) groups excluding carboxylic acids is 1. The lowest BCUT2D eigenvalue weighted by Crippen LogP contribution is -2.43. The number of ether oxygens (including phenoxy) is 2. The summed E-state index contributed by atoms with van der Waals surface area (Å²) in [7, 11) is 3.46. The van der Waals surface area contributed by atoms with Crippen molar-refractivity contribution in [2.45, 2.75) is 39.2 Å². The third-order valence-corrected chi connectivity index (χ3v) is 3.77. The SMILES string of the molecule is CC(C)CCOCCNC(=NCC(=O)N(C)C)NCC1CCCO1.I. The summed E-state index contributed by atoms with van der Waals surface area (Å²) < 4.78 is 11.2. The Labute approximate surface area is 169 Å². The fourth-order valence-electron chi connectivity index (χ4n) is 2.14. The highest BCUT2D eigenvalue weighted by atomic mass is 127. The predicted molar refractivity (Wildman–Crippen MR) is 112 cm³/mol. The van der Waals surface area contributed by atoms with Crippen LogP contribution in [0.15, 0.2) is 4.99 Å². The highest BCUT2D eigenvalue weighted by molar-refractivity contribution is 14.0. The lowest BCUT2D eigenvalue weighted by molar-refractivity contribution is -0.127. The van der Waals surface area contributed by atoms with Crippen LogP contribution in [0.3, 0.4) is 0 Å². The Balaban J connectivity index is 0.00000576. The molecule has 0 radical (unpaired) electrons. The van der Waals surface area contributed by atoms with Gasteiger partial charge in [0.2, 0.25) is 5.91 Å². The minimum absolute atomic E-state index is 0. The van der Waals surface area contributed by atoms with Gasteiger partial charge in [-0.1, -0.05) is 13.8 Å². The fraction of sp³-hybridized carbons (Fsp3) is 0.882. The maximum atomic E-state index is 11.7. The first-order valence-electron chi connectivity index (χ1n) is 8.90. The molecule has 1 fully saturated rings. The van der Waals surface area contributed by atoms with Gasteiger partial charge >= 0.3 is 0 Å². The van der Waals surface area contributed by atoms with Gasteiger partial charge in [0.1, 0.15) is 6.54 Å². The Kier molecular flexibility index (Phi) is 14.2. The maximum Gasteiger partial charge on any atom is 0.243 e. The van der Waals surface area contributed by atoms with Crippen molar-refractivity contribution in [3.63, 3.8) is 0 Å². The molecule has 7 nitrogen and oxygen atoms in total. The van der Waals surface area contributed by atoms with Crippen molar-refractivity contribution < 1.29 is 14.3 Å². The highest BCUT2D eigenvalue weighted by Crippen LogP contribution is 2.10. The molecule has 1 rings (SSSR count). The van der Waals surface area contributed by atoms with Crippen LogP contribution in [0.2, 0.25) is 0 Å². The molecule has 1 amide bonds. The molecule has 2 N–H and O–H groups in total. The molecule has 0 aliphatic carbocycles. The van der Waals surface area contributed by atoms with Gasteiger partial charge in [-0.2, -0.15) is 0 Å². The first-order valence-corrected chi connectivity index (χ1v) is 8.90. The number of carbonyl (C=O) groups is 1. The fourth-order valence-corrected chi connectivity index (χ4v) is 2.14. The molecule has 1 aliphatic heterocycles. The van der Waals surface area contributed by atoms with Crippen LogP contribution in [0.4, 0.5) is 0 Å². The van der Waals surface area contributed by atoms with E-state index in [1.165, 1.54) is 4.90 Å². The summed E-state index contributed by atoms with van der Waals surface area (Å²) in [4.78, 5) is 17.6. The maximum absolute atomic E-state index is 11.7. The molecular weight excluding hydrogens is 435 g/mol. The zero-order valence-electron chi connectivity index (χ0n) is 16.0. The third kappa shape index (κ3) is 12.4. The van der Waals surface area contributed by atoms with Crippen molar-refractivity contribution in [3.05, 3.63) is 0 Å². The summed E-state index contributed by atoms with van der Waals surface area (Å²) in [6.45, 7) is 8.08. The number of nitrogens with zero attached hydrogens (tertiary/aromatic N) is 2. The molecule has 0 saturated carbocycles. The van der Waals surface area contributed by atoms with E-state index in [0.29, 0.717) is 31.6 Å². The monoisotopic (exact) mass is 470 g/mol. The summed E-state index contributed by atoms with van der Waals surface area (Å²) in [5, 5.41) is 6.47. The van der Waals surface area contributed by atoms with Gasteiger partial charge in [-0.05, 0) is 25.2 Å². The van der Waals surface area contributed by atoms with E-state index in [1.807, 2.05) is 0 Å². The molecule has 1 aliphatic rings. The van der Waals surface area contributed by atoms with Crippen molar-refractivity contribution in [3.8, 4) is 0 Å². The zero-order valence-corrected chi connectivity index (χ0v) is 18.4. The molecule has 8 heteroatoms. The number of halogens is 1. The number of nitrogens with one attached hydrogen (secondary N) is 2. The average molecular weight is 470 g/mol. The minimum atomic E-state index is -0.0265. The van der Waals surface area contributed by atoms with E-state index in [2.05, 4.69) is 29.5 Å². The van der Waals surface area contributed by atoms with Crippen molar-refractivity contribution in [1.29, 1.82) is 0 Å². The van der Waals surface area contributed by atoms with Crippen LogP contribution in [0, 0.1) is 5.92 Å². The van der Waals surface area contributed by atoms with E-state index in [4.69, 9.17) is 9.47 Å². The van der Waals surface area contributed by atoms with Gasteiger partial charge < -0.3 is 25.0 Å². The quantitative estimate of drug-likeness (QED) is 0.219. The summed E-state index contributed by atoms with van der Waals surface area (Å²) >= 11 is 0. The van der Waals surface area contributed by atoms with Crippen molar-refractivity contribution >= 4 is 35.8 Å². The third-order valence-electron chi connectivity index (χ3n) is 3.77. The molecular formula is C17H35IN4O3. The molecule has 0 bridgehead atoms. The standard InChI is InChI=1S/C17H34N4O3.HI/c1-14(2)7-10-23-11-8-18-17(20-13-16(22)21(3)4)19-12-15-6-5-9-24-15;/h14-15H,5-13H2,1-4H3,(H2,18,19,20);1H. The van der Waals surface area contributed by atoms with Gasteiger partial charge in [0.15, 0.2) is 5.96 Å². The Bertz CT molecular complexity index is 386. The Morgan fingerprint density at radius 1 is 1.32 bits per heavy atom. The van der Waals surface area contributed by atoms with Crippen molar-refractivity contribution in [2.75, 3.05) is 53.6 Å². The van der Waals surface area contributed by atoms with E-state index < -0.39 is 0 Å².